The molecule has 2 aromatic carbocycles. The topological polar surface area (TPSA) is 116 Å². The zero-order valence-corrected chi connectivity index (χ0v) is 21.1. The third kappa shape index (κ3) is 9.67. The molecule has 0 unspecified atom stereocenters. The van der Waals surface area contributed by atoms with E-state index >= 15 is 0 Å². The van der Waals surface area contributed by atoms with Crippen LogP contribution in [0.5, 0.6) is 5.75 Å². The van der Waals surface area contributed by atoms with Crippen LogP contribution in [0.1, 0.15) is 12.0 Å². The van der Waals surface area contributed by atoms with Crippen LogP contribution in [-0.4, -0.2) is 87.2 Å². The van der Waals surface area contributed by atoms with Crippen molar-refractivity contribution >= 4 is 21.9 Å². The average molecular weight is 546 g/mol. The van der Waals surface area contributed by atoms with Crippen LogP contribution in [0.15, 0.2) is 59.5 Å². The number of carboxylic acid groups (broad SMARTS) is 1. The van der Waals surface area contributed by atoms with Crippen molar-refractivity contribution < 1.29 is 41.0 Å². The van der Waals surface area contributed by atoms with Gasteiger partial charge in [-0.05, 0) is 36.2 Å². The molecule has 3 rings (SSSR count). The summed E-state index contributed by atoms with van der Waals surface area (Å²) in [6.45, 7) is 3.33. The molecule has 13 heteroatoms. The number of carbonyl (C=O) groups is 2. The molecule has 0 aliphatic carbocycles. The minimum Gasteiger partial charge on any atom is -0.497 e. The van der Waals surface area contributed by atoms with Gasteiger partial charge >= 0.3 is 12.1 Å². The monoisotopic (exact) mass is 545 g/mol. The summed E-state index contributed by atoms with van der Waals surface area (Å²) in [5.74, 6) is -2.17. The Hall–Kier alpha value is -3.16. The number of rotatable bonds is 9. The number of alkyl halides is 3. The smallest absolute Gasteiger partial charge is 0.490 e. The fourth-order valence-corrected chi connectivity index (χ4v) is 4.88. The standard InChI is InChI=1S/C22H29N3O4S.C2HF3O2/c1-29-20-7-9-21(10-8-20)30(27,28)25(15-11-19-5-3-2-4-6-19)16-12-22(26)24-17-13-23-14-18-24;3-2(4,5)1(6)7/h2-10,23H,11-18H2,1H3;(H,6,7). The van der Waals surface area contributed by atoms with Crippen molar-refractivity contribution in [2.24, 2.45) is 0 Å². The summed E-state index contributed by atoms with van der Waals surface area (Å²) in [6.07, 6.45) is -4.33. The lowest BCUT2D eigenvalue weighted by Gasteiger charge is -2.29. The van der Waals surface area contributed by atoms with Crippen LogP contribution in [0.2, 0.25) is 0 Å². The van der Waals surface area contributed by atoms with Crippen molar-refractivity contribution in [1.82, 2.24) is 14.5 Å². The molecule has 1 amide bonds. The number of amides is 1. The fourth-order valence-electron chi connectivity index (χ4n) is 3.44. The molecular weight excluding hydrogens is 515 g/mol. The predicted octanol–water partition coefficient (Wildman–Crippen LogP) is 2.38. The summed E-state index contributed by atoms with van der Waals surface area (Å²) in [5.41, 5.74) is 1.06. The zero-order chi connectivity index (χ0) is 27.5. The van der Waals surface area contributed by atoms with Crippen molar-refractivity contribution in [3.05, 3.63) is 60.2 Å². The number of ether oxygens (including phenoxy) is 1. The Morgan fingerprint density at radius 1 is 1.03 bits per heavy atom. The summed E-state index contributed by atoms with van der Waals surface area (Å²) in [5, 5.41) is 10.3. The highest BCUT2D eigenvalue weighted by Crippen LogP contribution is 2.20. The van der Waals surface area contributed by atoms with Gasteiger partial charge in [-0.25, -0.2) is 13.2 Å². The Kier molecular flexibility index (Phi) is 11.3. The first-order chi connectivity index (χ1) is 17.4. The van der Waals surface area contributed by atoms with Gasteiger partial charge in [0.25, 0.3) is 0 Å². The van der Waals surface area contributed by atoms with Crippen molar-refractivity contribution in [2.45, 2.75) is 23.9 Å². The molecule has 37 heavy (non-hydrogen) atoms. The van der Waals surface area contributed by atoms with Gasteiger partial charge in [0.05, 0.1) is 12.0 Å². The zero-order valence-electron chi connectivity index (χ0n) is 20.3. The van der Waals surface area contributed by atoms with E-state index < -0.39 is 22.2 Å². The number of hydrogen-bond donors (Lipinski definition) is 2. The van der Waals surface area contributed by atoms with Gasteiger partial charge < -0.3 is 20.1 Å². The molecule has 1 fully saturated rings. The second kappa shape index (κ2) is 14.0. The molecule has 1 heterocycles. The first-order valence-corrected chi connectivity index (χ1v) is 12.9. The second-order valence-electron chi connectivity index (χ2n) is 8.00. The molecule has 1 aliphatic heterocycles. The maximum Gasteiger partial charge on any atom is 0.490 e. The van der Waals surface area contributed by atoms with Crippen LogP contribution >= 0.6 is 0 Å². The highest BCUT2D eigenvalue weighted by atomic mass is 32.2. The fraction of sp³-hybridized carbons (Fsp3) is 0.417. The molecule has 1 saturated heterocycles. The van der Waals surface area contributed by atoms with E-state index in [1.165, 1.54) is 11.4 Å². The maximum atomic E-state index is 13.3. The number of aliphatic carboxylic acids is 1. The molecule has 204 valence electrons. The van der Waals surface area contributed by atoms with Gasteiger partial charge in [0, 0.05) is 45.7 Å². The normalized spacial score (nSPS) is 14.0. The number of carboxylic acids is 1. The number of methoxy groups -OCH3 is 1. The summed E-state index contributed by atoms with van der Waals surface area (Å²) in [7, 11) is -2.19. The Morgan fingerprint density at radius 2 is 1.59 bits per heavy atom. The minimum absolute atomic E-state index is 0.00820. The maximum absolute atomic E-state index is 13.3. The second-order valence-corrected chi connectivity index (χ2v) is 9.94. The van der Waals surface area contributed by atoms with Crippen LogP contribution in [0, 0.1) is 0 Å². The highest BCUT2D eigenvalue weighted by molar-refractivity contribution is 7.89. The third-order valence-electron chi connectivity index (χ3n) is 5.48. The van der Waals surface area contributed by atoms with E-state index in [0.717, 1.165) is 18.7 Å². The van der Waals surface area contributed by atoms with E-state index in [-0.39, 0.29) is 23.8 Å². The lowest BCUT2D eigenvalue weighted by Crippen LogP contribution is -2.47. The molecule has 0 bridgehead atoms. The number of hydrogen-bond acceptors (Lipinski definition) is 6. The van der Waals surface area contributed by atoms with Gasteiger partial charge in [-0.1, -0.05) is 30.3 Å². The number of halogens is 3. The molecule has 1 aliphatic rings. The van der Waals surface area contributed by atoms with Crippen LogP contribution in [0.4, 0.5) is 13.2 Å². The Labute approximate surface area is 213 Å². The van der Waals surface area contributed by atoms with Gasteiger partial charge in [0.1, 0.15) is 5.75 Å². The number of sulfonamides is 1. The van der Waals surface area contributed by atoms with E-state index in [1.54, 1.807) is 29.2 Å². The van der Waals surface area contributed by atoms with Gasteiger partial charge in [0.2, 0.25) is 15.9 Å². The van der Waals surface area contributed by atoms with E-state index in [9.17, 15) is 26.4 Å². The lowest BCUT2D eigenvalue weighted by atomic mass is 10.1. The Morgan fingerprint density at radius 3 is 2.11 bits per heavy atom. The summed E-state index contributed by atoms with van der Waals surface area (Å²) in [4.78, 5) is 23.5. The Bertz CT molecular complexity index is 1110. The summed E-state index contributed by atoms with van der Waals surface area (Å²) < 4.78 is 64.9. The van der Waals surface area contributed by atoms with Crippen molar-refractivity contribution in [1.29, 1.82) is 0 Å². The highest BCUT2D eigenvalue weighted by Gasteiger charge is 2.38. The van der Waals surface area contributed by atoms with E-state index in [2.05, 4.69) is 5.32 Å². The van der Waals surface area contributed by atoms with Crippen LogP contribution in [0.25, 0.3) is 0 Å². The van der Waals surface area contributed by atoms with E-state index in [4.69, 9.17) is 14.6 Å². The number of piperazine rings is 1. The van der Waals surface area contributed by atoms with Gasteiger partial charge in [-0.15, -0.1) is 0 Å². The van der Waals surface area contributed by atoms with Crippen LogP contribution in [0.3, 0.4) is 0 Å². The first kappa shape index (κ1) is 30.1. The van der Waals surface area contributed by atoms with Crippen molar-refractivity contribution in [2.75, 3.05) is 46.4 Å². The molecular formula is C24H30F3N3O6S. The summed E-state index contributed by atoms with van der Waals surface area (Å²) >= 11 is 0. The quantitative estimate of drug-likeness (QED) is 0.497. The van der Waals surface area contributed by atoms with Crippen LogP contribution < -0.4 is 10.1 Å². The molecule has 0 spiro atoms. The molecule has 0 saturated carbocycles. The Balaban J connectivity index is 0.000000604. The molecule has 2 aromatic rings. The van der Waals surface area contributed by atoms with Gasteiger partial charge in [-0.2, -0.15) is 17.5 Å². The third-order valence-corrected chi connectivity index (χ3v) is 7.39. The molecule has 9 nitrogen and oxygen atoms in total. The van der Waals surface area contributed by atoms with Crippen molar-refractivity contribution in [3.63, 3.8) is 0 Å². The summed E-state index contributed by atoms with van der Waals surface area (Å²) in [6, 6.07) is 16.1. The van der Waals surface area contributed by atoms with E-state index in [1.807, 2.05) is 30.3 Å². The first-order valence-electron chi connectivity index (χ1n) is 11.4. The van der Waals surface area contributed by atoms with Gasteiger partial charge in [0.15, 0.2) is 0 Å². The molecule has 2 N–H and O–H groups in total. The van der Waals surface area contributed by atoms with Gasteiger partial charge in [-0.3, -0.25) is 4.79 Å². The molecule has 0 atom stereocenters. The van der Waals surface area contributed by atoms with Crippen LogP contribution in [-0.2, 0) is 26.0 Å². The average Bonchev–Trinajstić information content (AvgIpc) is 2.89. The minimum atomic E-state index is -5.08. The van der Waals surface area contributed by atoms with Crippen molar-refractivity contribution in [3.8, 4) is 5.75 Å². The SMILES string of the molecule is COc1ccc(S(=O)(=O)N(CCC(=O)N2CCNCC2)CCc2ccccc2)cc1.O=C(O)C(F)(F)F. The molecule has 0 aromatic heterocycles. The number of nitrogens with zero attached hydrogens (tertiary/aromatic N) is 2. The number of carbonyl (C=O) groups excluding carboxylic acids is 1. The lowest BCUT2D eigenvalue weighted by molar-refractivity contribution is -0.192. The number of nitrogens with one attached hydrogen (secondary N) is 1. The number of benzene rings is 2. The van der Waals surface area contributed by atoms with E-state index in [0.29, 0.717) is 31.8 Å². The largest absolute Gasteiger partial charge is 0.497 e. The molecule has 0 radical (unpaired) electrons. The predicted molar refractivity (Wildman–Crippen MR) is 130 cm³/mol.